The van der Waals surface area contributed by atoms with Gasteiger partial charge in [0.1, 0.15) is 0 Å². The van der Waals surface area contributed by atoms with Crippen LogP contribution < -0.4 is 10.6 Å². The van der Waals surface area contributed by atoms with Crippen LogP contribution in [0.5, 0.6) is 0 Å². The molecule has 0 radical (unpaired) electrons. The number of methoxy groups -OCH3 is 1. The van der Waals surface area contributed by atoms with Crippen molar-refractivity contribution < 1.29 is 4.74 Å². The Morgan fingerprint density at radius 3 is 2.96 bits per heavy atom. The minimum absolute atomic E-state index is 0. The number of ether oxygens (including phenoxy) is 1. The summed E-state index contributed by atoms with van der Waals surface area (Å²) in [6, 6.07) is 0. The van der Waals surface area contributed by atoms with E-state index < -0.39 is 0 Å². The Kier molecular flexibility index (Phi) is 11.0. The zero-order valence-corrected chi connectivity index (χ0v) is 18.3. The van der Waals surface area contributed by atoms with E-state index in [9.17, 15) is 0 Å². The molecule has 2 aromatic heterocycles. The summed E-state index contributed by atoms with van der Waals surface area (Å²) in [5.41, 5.74) is 0.982. The first-order valence-electron chi connectivity index (χ1n) is 8.33. The highest BCUT2D eigenvalue weighted by Crippen LogP contribution is 2.11. The number of rotatable bonds is 10. The van der Waals surface area contributed by atoms with Gasteiger partial charge in [-0.15, -0.1) is 35.3 Å². The number of halogens is 1. The van der Waals surface area contributed by atoms with E-state index >= 15 is 0 Å². The van der Waals surface area contributed by atoms with Crippen LogP contribution in [-0.2, 0) is 11.3 Å². The number of hydrogen-bond acceptors (Lipinski definition) is 5. The van der Waals surface area contributed by atoms with E-state index in [1.807, 2.05) is 22.2 Å². The number of hydrogen-bond donors (Lipinski definition) is 2. The van der Waals surface area contributed by atoms with Crippen LogP contribution in [0.15, 0.2) is 22.8 Å². The average Bonchev–Trinajstić information content (AvgIpc) is 3.14. The Balaban J connectivity index is 0.00000312. The molecule has 0 bridgehead atoms. The van der Waals surface area contributed by atoms with Crippen LogP contribution in [0.25, 0.3) is 4.96 Å². The van der Waals surface area contributed by atoms with Crippen molar-refractivity contribution in [2.45, 2.75) is 19.9 Å². The van der Waals surface area contributed by atoms with Gasteiger partial charge < -0.3 is 20.3 Å². The lowest BCUT2D eigenvalue weighted by atomic mass is 10.4. The number of imidazole rings is 1. The maximum Gasteiger partial charge on any atom is 0.193 e. The molecule has 0 aliphatic rings. The number of aromatic nitrogens is 2. The van der Waals surface area contributed by atoms with Crippen molar-refractivity contribution in [1.82, 2.24) is 24.9 Å². The van der Waals surface area contributed by atoms with Gasteiger partial charge in [0.25, 0.3) is 0 Å². The fraction of sp³-hybridized carbons (Fsp3) is 0.625. The molecule has 0 aromatic carbocycles. The third-order valence-electron chi connectivity index (χ3n) is 3.56. The summed E-state index contributed by atoms with van der Waals surface area (Å²) in [5.74, 6) is 0.833. The maximum absolute atomic E-state index is 5.08. The third-order valence-corrected chi connectivity index (χ3v) is 4.33. The largest absolute Gasteiger partial charge is 0.385 e. The van der Waals surface area contributed by atoms with Gasteiger partial charge in [-0.25, -0.2) is 9.98 Å². The highest BCUT2D eigenvalue weighted by Gasteiger charge is 2.03. The SMILES string of the molecule is CCNC(=NCc1cn2ccsc2n1)NCCN(C)CCCOC.I. The lowest BCUT2D eigenvalue weighted by Crippen LogP contribution is -2.41. The van der Waals surface area contributed by atoms with E-state index in [0.29, 0.717) is 6.54 Å². The summed E-state index contributed by atoms with van der Waals surface area (Å²) in [6.07, 6.45) is 5.10. The molecule has 0 unspecified atom stereocenters. The molecule has 2 aromatic rings. The van der Waals surface area contributed by atoms with Gasteiger partial charge in [0.15, 0.2) is 10.9 Å². The topological polar surface area (TPSA) is 66.2 Å². The molecule has 0 spiro atoms. The quantitative estimate of drug-likeness (QED) is 0.236. The fourth-order valence-corrected chi connectivity index (χ4v) is 3.03. The predicted molar refractivity (Wildman–Crippen MR) is 115 cm³/mol. The molecule has 9 heteroatoms. The van der Waals surface area contributed by atoms with Crippen molar-refractivity contribution in [3.05, 3.63) is 23.5 Å². The highest BCUT2D eigenvalue weighted by molar-refractivity contribution is 14.0. The summed E-state index contributed by atoms with van der Waals surface area (Å²) < 4.78 is 7.11. The number of likely N-dealkylation sites (N-methyl/N-ethyl adjacent to an activating group) is 1. The van der Waals surface area contributed by atoms with Crippen molar-refractivity contribution >= 4 is 46.2 Å². The van der Waals surface area contributed by atoms with Gasteiger partial charge in [-0.05, 0) is 20.4 Å². The van der Waals surface area contributed by atoms with E-state index in [4.69, 9.17) is 4.74 Å². The van der Waals surface area contributed by atoms with Crippen LogP contribution >= 0.6 is 35.3 Å². The zero-order valence-electron chi connectivity index (χ0n) is 15.2. The molecular weight excluding hydrogens is 451 g/mol. The van der Waals surface area contributed by atoms with Gasteiger partial charge in [0.05, 0.1) is 12.2 Å². The molecule has 0 aliphatic heterocycles. The predicted octanol–water partition coefficient (Wildman–Crippen LogP) is 2.04. The molecule has 0 atom stereocenters. The lowest BCUT2D eigenvalue weighted by Gasteiger charge is -2.18. The van der Waals surface area contributed by atoms with E-state index in [1.54, 1.807) is 18.4 Å². The number of thiazole rings is 1. The van der Waals surface area contributed by atoms with Gasteiger partial charge in [-0.3, -0.25) is 4.40 Å². The van der Waals surface area contributed by atoms with Crippen LogP contribution in [-0.4, -0.2) is 67.2 Å². The smallest absolute Gasteiger partial charge is 0.193 e. The van der Waals surface area contributed by atoms with Gasteiger partial charge in [0.2, 0.25) is 0 Å². The Morgan fingerprint density at radius 1 is 1.40 bits per heavy atom. The minimum atomic E-state index is 0. The summed E-state index contributed by atoms with van der Waals surface area (Å²) in [7, 11) is 3.86. The average molecular weight is 480 g/mol. The van der Waals surface area contributed by atoms with Crippen molar-refractivity contribution in [1.29, 1.82) is 0 Å². The summed E-state index contributed by atoms with van der Waals surface area (Å²) in [4.78, 5) is 12.5. The lowest BCUT2D eigenvalue weighted by molar-refractivity contribution is 0.180. The molecule has 0 fully saturated rings. The van der Waals surface area contributed by atoms with Gasteiger partial charge in [-0.1, -0.05) is 0 Å². The molecule has 0 amide bonds. The molecule has 0 aliphatic carbocycles. The van der Waals surface area contributed by atoms with Crippen LogP contribution in [0.3, 0.4) is 0 Å². The Hall–Kier alpha value is -0.910. The molecule has 25 heavy (non-hydrogen) atoms. The second-order valence-corrected chi connectivity index (χ2v) is 6.47. The zero-order chi connectivity index (χ0) is 17.2. The molecule has 2 rings (SSSR count). The third kappa shape index (κ3) is 7.89. The molecule has 0 saturated heterocycles. The number of fused-ring (bicyclic) bond motifs is 1. The first kappa shape index (κ1) is 22.1. The van der Waals surface area contributed by atoms with E-state index in [1.165, 1.54) is 0 Å². The maximum atomic E-state index is 5.08. The number of nitrogens with one attached hydrogen (secondary N) is 2. The van der Waals surface area contributed by atoms with Crippen LogP contribution in [0, 0.1) is 0 Å². The standard InChI is InChI=1S/C16H28N6OS.HI/c1-4-17-15(18-6-8-21(2)7-5-10-23-3)19-12-14-13-22-9-11-24-16(22)20-14;/h9,11,13H,4-8,10,12H2,1-3H3,(H2,17,18,19);1H. The molecule has 142 valence electrons. The molecule has 2 heterocycles. The first-order chi connectivity index (χ1) is 11.7. The molecule has 7 nitrogen and oxygen atoms in total. The van der Waals surface area contributed by atoms with Crippen molar-refractivity contribution in [2.75, 3.05) is 46.9 Å². The van der Waals surface area contributed by atoms with E-state index in [0.717, 1.165) is 55.8 Å². The summed E-state index contributed by atoms with van der Waals surface area (Å²) >= 11 is 1.64. The monoisotopic (exact) mass is 480 g/mol. The van der Waals surface area contributed by atoms with Crippen LogP contribution in [0.4, 0.5) is 0 Å². The number of nitrogens with zero attached hydrogens (tertiary/aromatic N) is 4. The second kappa shape index (κ2) is 12.4. The molecule has 0 saturated carbocycles. The minimum Gasteiger partial charge on any atom is -0.385 e. The Morgan fingerprint density at radius 2 is 2.24 bits per heavy atom. The number of aliphatic imine (C=N–C) groups is 1. The fourth-order valence-electron chi connectivity index (χ4n) is 2.31. The summed E-state index contributed by atoms with van der Waals surface area (Å²) in [6.45, 7) is 7.16. The summed E-state index contributed by atoms with van der Waals surface area (Å²) in [5, 5.41) is 8.68. The second-order valence-electron chi connectivity index (χ2n) is 5.60. The molecular formula is C16H29IN6OS. The van der Waals surface area contributed by atoms with Gasteiger partial charge >= 0.3 is 0 Å². The van der Waals surface area contributed by atoms with Gasteiger partial charge in [0, 0.05) is 57.7 Å². The van der Waals surface area contributed by atoms with Crippen molar-refractivity contribution in [2.24, 2.45) is 4.99 Å². The van der Waals surface area contributed by atoms with Crippen molar-refractivity contribution in [3.8, 4) is 0 Å². The van der Waals surface area contributed by atoms with Crippen LogP contribution in [0.2, 0.25) is 0 Å². The highest BCUT2D eigenvalue weighted by atomic mass is 127. The Bertz CT molecular complexity index is 600. The normalized spacial score (nSPS) is 11.8. The molecule has 2 N–H and O–H groups in total. The first-order valence-corrected chi connectivity index (χ1v) is 9.21. The van der Waals surface area contributed by atoms with Crippen LogP contribution in [0.1, 0.15) is 19.0 Å². The van der Waals surface area contributed by atoms with E-state index in [2.05, 4.69) is 39.5 Å². The van der Waals surface area contributed by atoms with Gasteiger partial charge in [-0.2, -0.15) is 0 Å². The Labute approximate surface area is 170 Å². The van der Waals surface area contributed by atoms with Crippen molar-refractivity contribution in [3.63, 3.8) is 0 Å². The number of guanidine groups is 1. The van der Waals surface area contributed by atoms with E-state index in [-0.39, 0.29) is 24.0 Å².